The number of rotatable bonds is 5. The molecule has 1 aromatic heterocycles. The van der Waals surface area contributed by atoms with Crippen LogP contribution in [0, 0.1) is 19.7 Å². The zero-order valence-corrected chi connectivity index (χ0v) is 18.8. The van der Waals surface area contributed by atoms with Crippen LogP contribution in [0.2, 0.25) is 0 Å². The second-order valence-electron chi connectivity index (χ2n) is 8.42. The minimum absolute atomic E-state index is 0.0304. The third-order valence-corrected chi connectivity index (χ3v) is 6.00. The van der Waals surface area contributed by atoms with Crippen molar-refractivity contribution in [3.63, 3.8) is 0 Å². The summed E-state index contributed by atoms with van der Waals surface area (Å²) < 4.78 is 13.1. The first-order chi connectivity index (χ1) is 15.9. The number of likely N-dealkylation sites (tertiary alicyclic amines) is 1. The number of halogens is 1. The van der Waals surface area contributed by atoms with Crippen LogP contribution in [-0.2, 0) is 11.2 Å². The Kier molecular flexibility index (Phi) is 6.77. The van der Waals surface area contributed by atoms with E-state index in [-0.39, 0.29) is 30.0 Å². The molecular formula is C26H27FN4O2. The normalized spacial score (nSPS) is 15.8. The molecule has 7 heteroatoms. The maximum atomic E-state index is 13.1. The van der Waals surface area contributed by atoms with E-state index < -0.39 is 0 Å². The van der Waals surface area contributed by atoms with Gasteiger partial charge in [-0.15, -0.1) is 0 Å². The molecule has 1 atom stereocenters. The molecule has 1 aliphatic heterocycles. The van der Waals surface area contributed by atoms with E-state index in [0.717, 1.165) is 42.2 Å². The molecule has 0 radical (unpaired) electrons. The maximum absolute atomic E-state index is 13.1. The second kappa shape index (κ2) is 9.90. The number of amides is 2. The summed E-state index contributed by atoms with van der Waals surface area (Å²) in [6, 6.07) is 15.0. The Labute approximate surface area is 192 Å². The fraction of sp³-hybridized carbons (Fsp3) is 0.308. The number of anilines is 1. The predicted molar refractivity (Wildman–Crippen MR) is 125 cm³/mol. The van der Waals surface area contributed by atoms with Gasteiger partial charge in [0.1, 0.15) is 11.6 Å². The molecule has 1 fully saturated rings. The van der Waals surface area contributed by atoms with Crippen LogP contribution in [0.25, 0.3) is 0 Å². The van der Waals surface area contributed by atoms with Gasteiger partial charge in [-0.2, -0.15) is 0 Å². The number of nitrogens with one attached hydrogen (secondary N) is 1. The van der Waals surface area contributed by atoms with Gasteiger partial charge in [0.15, 0.2) is 0 Å². The van der Waals surface area contributed by atoms with Crippen molar-refractivity contribution in [1.82, 2.24) is 14.9 Å². The van der Waals surface area contributed by atoms with Crippen molar-refractivity contribution in [2.24, 2.45) is 0 Å². The Morgan fingerprint density at radius 3 is 2.36 bits per heavy atom. The fourth-order valence-corrected chi connectivity index (χ4v) is 4.24. The first-order valence-electron chi connectivity index (χ1n) is 11.1. The van der Waals surface area contributed by atoms with Crippen LogP contribution in [-0.4, -0.2) is 39.8 Å². The van der Waals surface area contributed by atoms with Crippen LogP contribution < -0.4 is 5.32 Å². The van der Waals surface area contributed by atoms with Crippen LogP contribution >= 0.6 is 0 Å². The highest BCUT2D eigenvalue weighted by atomic mass is 19.1. The van der Waals surface area contributed by atoms with E-state index in [9.17, 15) is 14.0 Å². The maximum Gasteiger partial charge on any atom is 0.253 e. The van der Waals surface area contributed by atoms with Crippen molar-refractivity contribution >= 4 is 17.5 Å². The minimum Gasteiger partial charge on any atom is -0.338 e. The van der Waals surface area contributed by atoms with Gasteiger partial charge in [-0.1, -0.05) is 18.2 Å². The van der Waals surface area contributed by atoms with Gasteiger partial charge < -0.3 is 10.2 Å². The van der Waals surface area contributed by atoms with Gasteiger partial charge in [0.2, 0.25) is 5.91 Å². The molecule has 33 heavy (non-hydrogen) atoms. The highest BCUT2D eigenvalue weighted by Crippen LogP contribution is 2.27. The summed E-state index contributed by atoms with van der Waals surface area (Å²) in [4.78, 5) is 36.7. The van der Waals surface area contributed by atoms with E-state index in [4.69, 9.17) is 9.97 Å². The van der Waals surface area contributed by atoms with E-state index in [1.807, 2.05) is 49.1 Å². The number of benzene rings is 2. The first-order valence-corrected chi connectivity index (χ1v) is 11.1. The van der Waals surface area contributed by atoms with Crippen molar-refractivity contribution in [3.05, 3.63) is 88.8 Å². The highest BCUT2D eigenvalue weighted by molar-refractivity contribution is 5.94. The van der Waals surface area contributed by atoms with Gasteiger partial charge >= 0.3 is 0 Å². The zero-order valence-electron chi connectivity index (χ0n) is 18.8. The number of nitrogens with zero attached hydrogens (tertiary/aromatic N) is 3. The summed E-state index contributed by atoms with van der Waals surface area (Å²) >= 11 is 0. The third-order valence-electron chi connectivity index (χ3n) is 6.00. The molecule has 4 rings (SSSR count). The van der Waals surface area contributed by atoms with Gasteiger partial charge in [-0.3, -0.25) is 9.59 Å². The molecular weight excluding hydrogens is 419 g/mol. The van der Waals surface area contributed by atoms with Gasteiger partial charge in [0.25, 0.3) is 5.91 Å². The lowest BCUT2D eigenvalue weighted by Gasteiger charge is -2.32. The van der Waals surface area contributed by atoms with Crippen molar-refractivity contribution in [2.45, 2.75) is 39.0 Å². The quantitative estimate of drug-likeness (QED) is 0.629. The van der Waals surface area contributed by atoms with Crippen molar-refractivity contribution in [1.29, 1.82) is 0 Å². The number of carbonyl (C=O) groups is 2. The summed E-state index contributed by atoms with van der Waals surface area (Å²) in [7, 11) is 0. The van der Waals surface area contributed by atoms with E-state index in [2.05, 4.69) is 5.32 Å². The molecule has 1 aliphatic rings. The summed E-state index contributed by atoms with van der Waals surface area (Å²) in [5.74, 6) is 0.254. The molecule has 1 saturated heterocycles. The molecule has 3 aromatic rings. The van der Waals surface area contributed by atoms with Gasteiger partial charge in [0.05, 0.1) is 6.42 Å². The smallest absolute Gasteiger partial charge is 0.253 e. The number of hydrogen-bond acceptors (Lipinski definition) is 4. The van der Waals surface area contributed by atoms with Crippen LogP contribution in [0.15, 0.2) is 54.6 Å². The Morgan fingerprint density at radius 1 is 1.03 bits per heavy atom. The van der Waals surface area contributed by atoms with Gasteiger partial charge in [-0.05, 0) is 63.1 Å². The highest BCUT2D eigenvalue weighted by Gasteiger charge is 2.28. The standard InChI is InChI=1S/C26H27FN4O2/c1-17-23(15-24(32)30-22-12-10-21(27)11-13-22)18(2)29-25(28-17)20-9-6-14-31(16-20)26(33)19-7-4-3-5-8-19/h3-5,7-8,10-13,20H,6,9,14-16H2,1-2H3,(H,30,32)/t20-/m1/s1. The number of piperidine rings is 1. The third kappa shape index (κ3) is 5.42. The summed E-state index contributed by atoms with van der Waals surface area (Å²) in [6.07, 6.45) is 1.95. The molecule has 0 spiro atoms. The summed E-state index contributed by atoms with van der Waals surface area (Å²) in [6.45, 7) is 5.07. The van der Waals surface area contributed by atoms with Gasteiger partial charge in [-0.25, -0.2) is 14.4 Å². The Morgan fingerprint density at radius 2 is 1.70 bits per heavy atom. The monoisotopic (exact) mass is 446 g/mol. The van der Waals surface area contributed by atoms with E-state index in [0.29, 0.717) is 17.8 Å². The fourth-order valence-electron chi connectivity index (χ4n) is 4.24. The van der Waals surface area contributed by atoms with Crippen LogP contribution in [0.3, 0.4) is 0 Å². The topological polar surface area (TPSA) is 75.2 Å². The van der Waals surface area contributed by atoms with Crippen LogP contribution in [0.1, 0.15) is 51.9 Å². The van der Waals surface area contributed by atoms with E-state index in [1.54, 1.807) is 0 Å². The number of aromatic nitrogens is 2. The van der Waals surface area contributed by atoms with Crippen LogP contribution in [0.4, 0.5) is 10.1 Å². The molecule has 0 aliphatic carbocycles. The molecule has 6 nitrogen and oxygen atoms in total. The molecule has 0 unspecified atom stereocenters. The molecule has 1 N–H and O–H groups in total. The Hall–Kier alpha value is -3.61. The van der Waals surface area contributed by atoms with E-state index in [1.165, 1.54) is 24.3 Å². The minimum atomic E-state index is -0.351. The summed E-state index contributed by atoms with van der Waals surface area (Å²) in [5.41, 5.74) is 3.54. The molecule has 2 aromatic carbocycles. The first kappa shape index (κ1) is 22.6. The van der Waals surface area contributed by atoms with Gasteiger partial charge in [0, 0.05) is 47.2 Å². The number of hydrogen-bond donors (Lipinski definition) is 1. The van der Waals surface area contributed by atoms with Crippen molar-refractivity contribution < 1.29 is 14.0 Å². The zero-order chi connectivity index (χ0) is 23.4. The second-order valence-corrected chi connectivity index (χ2v) is 8.42. The Bertz CT molecular complexity index is 1130. The van der Waals surface area contributed by atoms with E-state index >= 15 is 0 Å². The Balaban J connectivity index is 1.45. The average molecular weight is 447 g/mol. The molecule has 170 valence electrons. The molecule has 2 heterocycles. The molecule has 0 saturated carbocycles. The lowest BCUT2D eigenvalue weighted by molar-refractivity contribution is -0.115. The molecule has 0 bridgehead atoms. The summed E-state index contributed by atoms with van der Waals surface area (Å²) in [5, 5.41) is 2.78. The lowest BCUT2D eigenvalue weighted by atomic mass is 9.95. The average Bonchev–Trinajstić information content (AvgIpc) is 2.83. The van der Waals surface area contributed by atoms with Crippen molar-refractivity contribution in [3.8, 4) is 0 Å². The van der Waals surface area contributed by atoms with Crippen molar-refractivity contribution in [2.75, 3.05) is 18.4 Å². The number of carbonyl (C=O) groups excluding carboxylic acids is 2. The lowest BCUT2D eigenvalue weighted by Crippen LogP contribution is -2.39. The SMILES string of the molecule is Cc1nc([C@@H]2CCCN(C(=O)c3ccccc3)C2)nc(C)c1CC(=O)Nc1ccc(F)cc1. The largest absolute Gasteiger partial charge is 0.338 e. The predicted octanol–water partition coefficient (Wildman–Crippen LogP) is 4.43. The number of aryl methyl sites for hydroxylation is 2. The molecule has 2 amide bonds. The van der Waals surface area contributed by atoms with Crippen LogP contribution in [0.5, 0.6) is 0 Å².